The Kier molecular flexibility index (Phi) is 8.84. The Bertz CT molecular complexity index is 1870. The second-order valence-corrected chi connectivity index (χ2v) is 12.5. The van der Waals surface area contributed by atoms with Gasteiger partial charge in [0.2, 0.25) is 5.95 Å². The van der Waals surface area contributed by atoms with E-state index in [1.54, 1.807) is 0 Å². The number of nitrogen functional groups attached to an aromatic ring is 2. The number of aliphatic hydroxyl groups is 3. The minimum absolute atomic E-state index is 0.0580. The molecule has 2 saturated heterocycles. The summed E-state index contributed by atoms with van der Waals surface area (Å²) in [5, 5.41) is 31.8. The van der Waals surface area contributed by atoms with Crippen molar-refractivity contribution < 1.29 is 57.5 Å². The fourth-order valence-electron chi connectivity index (χ4n) is 5.17. The molecule has 0 bridgehead atoms. The third-order valence-electron chi connectivity index (χ3n) is 7.22. The van der Waals surface area contributed by atoms with Gasteiger partial charge in [-0.3, -0.25) is 28.0 Å². The average molecular weight is 689 g/mol. The zero-order chi connectivity index (χ0) is 32.9. The summed E-state index contributed by atoms with van der Waals surface area (Å²) in [4.78, 5) is 54.3. The third kappa shape index (κ3) is 5.99. The molecule has 2 fully saturated rings. The number of imidazole rings is 2. The van der Waals surface area contributed by atoms with Crippen molar-refractivity contribution in [2.45, 2.75) is 49.1 Å². The van der Waals surface area contributed by atoms with Crippen LogP contribution in [0.5, 0.6) is 0 Å². The highest BCUT2D eigenvalue weighted by molar-refractivity contribution is 7.47. The Morgan fingerprint density at radius 2 is 1.70 bits per heavy atom. The summed E-state index contributed by atoms with van der Waals surface area (Å²) < 4.78 is 54.0. The molecule has 6 heterocycles. The topological polar surface area (TPSA) is 341 Å². The second kappa shape index (κ2) is 12.6. The highest BCUT2D eigenvalue weighted by Crippen LogP contribution is 2.49. The van der Waals surface area contributed by atoms with Crippen LogP contribution in [0.15, 0.2) is 23.8 Å². The van der Waals surface area contributed by atoms with Gasteiger partial charge in [0.05, 0.1) is 25.9 Å². The van der Waals surface area contributed by atoms with Crippen LogP contribution in [0, 0.1) is 0 Å². The molecule has 10 atom stereocenters. The van der Waals surface area contributed by atoms with Gasteiger partial charge >= 0.3 is 15.9 Å². The number of ether oxygens (including phenoxy) is 3. The molecule has 2 aliphatic rings. The quantitative estimate of drug-likeness (QED) is 0.0738. The molecule has 4 aromatic rings. The highest BCUT2D eigenvalue weighted by Gasteiger charge is 2.51. The number of aromatic nitrogens is 8. The van der Waals surface area contributed by atoms with Crippen molar-refractivity contribution in [1.82, 2.24) is 39.0 Å². The van der Waals surface area contributed by atoms with Crippen LogP contribution >= 0.6 is 15.9 Å². The number of aromatic amines is 1. The molecule has 25 heteroatoms. The molecule has 0 amide bonds. The van der Waals surface area contributed by atoms with E-state index in [1.807, 2.05) is 0 Å². The number of hydrogen-bond donors (Lipinski definition) is 8. The molecule has 0 aliphatic carbocycles. The van der Waals surface area contributed by atoms with Crippen molar-refractivity contribution in [3.05, 3.63) is 29.3 Å². The number of nitrogens with two attached hydrogens (primary N) is 2. The molecule has 4 unspecified atom stereocenters. The molecule has 4 aromatic heterocycles. The minimum atomic E-state index is -5.08. The first kappa shape index (κ1) is 32.4. The summed E-state index contributed by atoms with van der Waals surface area (Å²) in [5.41, 5.74) is 10.9. The van der Waals surface area contributed by atoms with Crippen molar-refractivity contribution in [2.75, 3.05) is 31.0 Å². The van der Waals surface area contributed by atoms with Crippen LogP contribution in [0.2, 0.25) is 0 Å². The fourth-order valence-corrected chi connectivity index (χ4v) is 6.44. The molecule has 6 rings (SSSR count). The number of nitrogens with one attached hydrogen (secondary N) is 1. The molecule has 23 nitrogen and oxygen atoms in total. The van der Waals surface area contributed by atoms with Gasteiger partial charge in [0.25, 0.3) is 11.9 Å². The first-order valence-electron chi connectivity index (χ1n) is 13.2. The van der Waals surface area contributed by atoms with Crippen molar-refractivity contribution in [3.63, 3.8) is 0 Å². The smallest absolute Gasteiger partial charge is 0.394 e. The minimum Gasteiger partial charge on any atom is -0.394 e. The lowest BCUT2D eigenvalue weighted by molar-refractivity contribution is -0.0649. The van der Waals surface area contributed by atoms with E-state index in [0.29, 0.717) is 0 Å². The Labute approximate surface area is 256 Å². The van der Waals surface area contributed by atoms with Gasteiger partial charge in [-0.05, 0) is 4.57 Å². The van der Waals surface area contributed by atoms with E-state index >= 15 is 0 Å². The Balaban J connectivity index is 1.18. The molecule has 2 aliphatic heterocycles. The lowest BCUT2D eigenvalue weighted by Crippen LogP contribution is -2.37. The first-order chi connectivity index (χ1) is 21.9. The van der Waals surface area contributed by atoms with Crippen LogP contribution < -0.4 is 17.0 Å². The van der Waals surface area contributed by atoms with Crippen LogP contribution in [0.1, 0.15) is 12.5 Å². The lowest BCUT2D eigenvalue weighted by Gasteiger charge is -2.23. The SMILES string of the molecule is Nc1nc2c(ncn2[C@@H]2O[C@H](COP(=O)(O)OC3[C@@H](CO)O[C@@H](n4cnc5c(N)ncnc54)[C@H]3O)[C@H](O)C2OC[P+](=O)O)c(=O)[nH]1. The maximum Gasteiger partial charge on any atom is 0.534 e. The number of phosphoric ester groups is 1. The van der Waals surface area contributed by atoms with E-state index in [-0.39, 0.29) is 34.1 Å². The predicted octanol–water partition coefficient (Wildman–Crippen LogP) is -2.79. The van der Waals surface area contributed by atoms with Gasteiger partial charge in [0, 0.05) is 0 Å². The molecule has 0 radical (unpaired) electrons. The molecule has 248 valence electrons. The van der Waals surface area contributed by atoms with Gasteiger partial charge in [-0.2, -0.15) is 9.88 Å². The zero-order valence-corrected chi connectivity index (χ0v) is 24.9. The fraction of sp³-hybridized carbons (Fsp3) is 0.524. The van der Waals surface area contributed by atoms with Gasteiger partial charge in [-0.15, -0.1) is 0 Å². The summed E-state index contributed by atoms with van der Waals surface area (Å²) >= 11 is 0. The summed E-state index contributed by atoms with van der Waals surface area (Å²) in [6.07, 6.45) is -8.77. The zero-order valence-electron chi connectivity index (χ0n) is 23.2. The molecule has 0 saturated carbocycles. The van der Waals surface area contributed by atoms with E-state index < -0.39 is 90.1 Å². The third-order valence-corrected chi connectivity index (χ3v) is 8.58. The van der Waals surface area contributed by atoms with E-state index in [0.717, 1.165) is 12.7 Å². The van der Waals surface area contributed by atoms with Crippen LogP contribution in [0.3, 0.4) is 0 Å². The lowest BCUT2D eigenvalue weighted by atomic mass is 10.1. The average Bonchev–Trinajstić information content (AvgIpc) is 3.76. The monoisotopic (exact) mass is 689 g/mol. The summed E-state index contributed by atoms with van der Waals surface area (Å²) in [6, 6.07) is 0. The van der Waals surface area contributed by atoms with Gasteiger partial charge in [0.1, 0.15) is 48.5 Å². The largest absolute Gasteiger partial charge is 0.534 e. The van der Waals surface area contributed by atoms with Crippen LogP contribution in [0.4, 0.5) is 11.8 Å². The van der Waals surface area contributed by atoms with E-state index in [2.05, 4.69) is 29.9 Å². The van der Waals surface area contributed by atoms with Crippen LogP contribution in [-0.2, 0) is 32.4 Å². The van der Waals surface area contributed by atoms with Gasteiger partial charge in [0.15, 0.2) is 35.1 Å². The van der Waals surface area contributed by atoms with Crippen molar-refractivity contribution in [2.24, 2.45) is 0 Å². The molecule has 10 N–H and O–H groups in total. The number of fused-ring (bicyclic) bond motifs is 2. The predicted molar refractivity (Wildman–Crippen MR) is 149 cm³/mol. The van der Waals surface area contributed by atoms with Crippen LogP contribution in [-0.4, -0.2) is 120 Å². The van der Waals surface area contributed by atoms with Crippen LogP contribution in [0.25, 0.3) is 22.3 Å². The van der Waals surface area contributed by atoms with E-state index in [4.69, 9.17) is 34.7 Å². The molecule has 0 spiro atoms. The Hall–Kier alpha value is -3.57. The summed E-state index contributed by atoms with van der Waals surface area (Å²) in [7, 11) is -7.89. The van der Waals surface area contributed by atoms with Gasteiger partial charge in [-0.25, -0.2) is 24.5 Å². The first-order valence-corrected chi connectivity index (χ1v) is 16.1. The van der Waals surface area contributed by atoms with Gasteiger partial charge in [-0.1, -0.05) is 0 Å². The maximum absolute atomic E-state index is 13.0. The number of aliphatic hydroxyl groups excluding tert-OH is 3. The second-order valence-electron chi connectivity index (χ2n) is 10.1. The number of nitrogens with zero attached hydrogens (tertiary/aromatic N) is 7. The Morgan fingerprint density at radius 1 is 1.00 bits per heavy atom. The van der Waals surface area contributed by atoms with E-state index in [1.165, 1.54) is 15.5 Å². The van der Waals surface area contributed by atoms with Crippen molar-refractivity contribution >= 4 is 49.9 Å². The summed E-state index contributed by atoms with van der Waals surface area (Å²) in [5.74, 6) is -0.199. The number of H-pyrrole nitrogens is 1. The van der Waals surface area contributed by atoms with Gasteiger partial charge < -0.3 is 45.9 Å². The summed E-state index contributed by atoms with van der Waals surface area (Å²) in [6.45, 7) is -1.54. The van der Waals surface area contributed by atoms with Crippen molar-refractivity contribution in [3.8, 4) is 0 Å². The number of rotatable bonds is 11. The van der Waals surface area contributed by atoms with E-state index in [9.17, 15) is 39.0 Å². The molecule has 0 aromatic carbocycles. The maximum atomic E-state index is 13.0. The molecule has 46 heavy (non-hydrogen) atoms. The normalized spacial score (nSPS) is 29.9. The highest BCUT2D eigenvalue weighted by atomic mass is 31.2. The van der Waals surface area contributed by atoms with Crippen molar-refractivity contribution in [1.29, 1.82) is 0 Å². The molecular weight excluding hydrogens is 662 g/mol. The number of phosphoric acid groups is 1. The number of hydrogen-bond acceptors (Lipinski definition) is 18. The standard InChI is InChI=1S/C21H26N10O13P2/c22-15-9-16(25-3-24-15)30(4-26-9)19-12(34)13(7(1-32)42-19)44-46(38,39)41-2-8-11(33)14(40-6-45(36)37)20(43-8)31-5-27-10-17(31)28-21(23)29-18(10)35/h3-5,7-8,11-14,19-20,32-34H,1-2,6H2,(H6-,22,23,24,25,28,29,35,36,37,38,39)/p+1/t7-,8-,11+,12+,13?,14?,19-,20-/m1/s1. The number of anilines is 2. The molecular formula is C21H27N10O13P2+. The Morgan fingerprint density at radius 3 is 2.41 bits per heavy atom.